The Balaban J connectivity index is 2.22. The molecule has 0 aromatic heterocycles. The molecule has 0 aromatic rings. The van der Waals surface area contributed by atoms with Crippen molar-refractivity contribution >= 4 is 19.4 Å². The Kier molecular flexibility index (Phi) is 7.86. The summed E-state index contributed by atoms with van der Waals surface area (Å²) in [7, 11) is -4.84. The zero-order valence-corrected chi connectivity index (χ0v) is 18.8. The molecule has 0 aromatic carbocycles. The maximum absolute atomic E-state index is 15.5. The van der Waals surface area contributed by atoms with Gasteiger partial charge in [0.05, 0.1) is 12.0 Å². The molecule has 0 saturated carbocycles. The minimum atomic E-state index is -4.84. The molecule has 0 radical (unpaired) electrons. The third-order valence-electron chi connectivity index (χ3n) is 6.06. The summed E-state index contributed by atoms with van der Waals surface area (Å²) in [6, 6.07) is 0. The Hall–Kier alpha value is -1.20. The Morgan fingerprint density at radius 1 is 1.19 bits per heavy atom. The van der Waals surface area contributed by atoms with Crippen LogP contribution in [0.5, 0.6) is 0 Å². The summed E-state index contributed by atoms with van der Waals surface area (Å²) >= 11 is 0. The zero-order chi connectivity index (χ0) is 23.8. The van der Waals surface area contributed by atoms with Crippen LogP contribution in [0.15, 0.2) is 11.6 Å². The van der Waals surface area contributed by atoms with Gasteiger partial charge in [-0.2, -0.15) is 0 Å². The van der Waals surface area contributed by atoms with Gasteiger partial charge in [0, 0.05) is 18.4 Å². The van der Waals surface area contributed by atoms with Crippen LogP contribution in [0.25, 0.3) is 0 Å². The lowest BCUT2D eigenvalue weighted by atomic mass is 9.90. The van der Waals surface area contributed by atoms with Gasteiger partial charge in [0.2, 0.25) is 11.8 Å². The molecule has 0 spiro atoms. The van der Waals surface area contributed by atoms with Crippen LogP contribution in [-0.2, 0) is 23.4 Å². The van der Waals surface area contributed by atoms with E-state index in [1.807, 2.05) is 0 Å². The van der Waals surface area contributed by atoms with E-state index in [2.05, 4.69) is 5.32 Å². The minimum absolute atomic E-state index is 0.151. The number of amides is 2. The Morgan fingerprint density at radius 3 is 2.29 bits per heavy atom. The molecule has 1 saturated heterocycles. The predicted octanol–water partition coefficient (Wildman–Crippen LogP) is 0.871. The second kappa shape index (κ2) is 9.35. The molecule has 10 nitrogen and oxygen atoms in total. The molecule has 5 N–H and O–H groups in total. The highest BCUT2D eigenvalue weighted by atomic mass is 31.2. The Bertz CT molecular complexity index is 786. The lowest BCUT2D eigenvalue weighted by Gasteiger charge is -2.36. The van der Waals surface area contributed by atoms with Gasteiger partial charge >= 0.3 is 7.60 Å². The number of imide groups is 1. The van der Waals surface area contributed by atoms with E-state index in [1.165, 1.54) is 33.8 Å². The molecule has 31 heavy (non-hydrogen) atoms. The van der Waals surface area contributed by atoms with Gasteiger partial charge in [-0.1, -0.05) is 26.8 Å². The summed E-state index contributed by atoms with van der Waals surface area (Å²) in [6.45, 7) is 5.73. The number of hydrogen-bond acceptors (Lipinski definition) is 8. The summed E-state index contributed by atoms with van der Waals surface area (Å²) in [5.41, 5.74) is 0.217. The Labute approximate surface area is 180 Å². The molecule has 2 amide bonds. The number of hydrogen-bond donors (Lipinski definition) is 5. The van der Waals surface area contributed by atoms with Crippen LogP contribution < -0.4 is 5.32 Å². The topological polar surface area (TPSA) is 163 Å². The Morgan fingerprint density at radius 2 is 1.77 bits per heavy atom. The van der Waals surface area contributed by atoms with Gasteiger partial charge in [0.15, 0.2) is 5.34 Å². The van der Waals surface area contributed by atoms with E-state index in [9.17, 15) is 34.4 Å². The highest BCUT2D eigenvalue weighted by Gasteiger charge is 2.54. The van der Waals surface area contributed by atoms with Gasteiger partial charge < -0.3 is 24.9 Å². The molecule has 3 unspecified atom stereocenters. The number of carbonyl (C=O) groups excluding carboxylic acids is 2. The lowest BCUT2D eigenvalue weighted by molar-refractivity contribution is -0.140. The van der Waals surface area contributed by atoms with E-state index in [-0.39, 0.29) is 18.4 Å². The molecule has 7 atom stereocenters. The molecule has 178 valence electrons. The second-order valence-corrected chi connectivity index (χ2v) is 10.1. The molecule has 2 aliphatic rings. The fraction of sp³-hybridized carbons (Fsp3) is 0.789. The molecule has 12 heteroatoms. The highest BCUT2D eigenvalue weighted by molar-refractivity contribution is 7.54. The quantitative estimate of drug-likeness (QED) is 0.245. The number of halogens is 1. The van der Waals surface area contributed by atoms with Crippen LogP contribution in [0.4, 0.5) is 4.39 Å². The van der Waals surface area contributed by atoms with E-state index in [1.54, 1.807) is 0 Å². The van der Waals surface area contributed by atoms with Crippen molar-refractivity contribution in [2.75, 3.05) is 0 Å². The van der Waals surface area contributed by atoms with Crippen molar-refractivity contribution in [1.82, 2.24) is 5.32 Å². The highest BCUT2D eigenvalue weighted by Crippen LogP contribution is 2.60. The van der Waals surface area contributed by atoms with Crippen LogP contribution in [0, 0.1) is 5.92 Å². The van der Waals surface area contributed by atoms with Gasteiger partial charge in [0.25, 0.3) is 5.91 Å². The number of rotatable bonds is 9. The van der Waals surface area contributed by atoms with Crippen LogP contribution in [0.2, 0.25) is 0 Å². The summed E-state index contributed by atoms with van der Waals surface area (Å²) < 4.78 is 38.5. The van der Waals surface area contributed by atoms with Gasteiger partial charge in [-0.15, -0.1) is 0 Å². The monoisotopic (exact) mass is 467 g/mol. The van der Waals surface area contributed by atoms with E-state index in [4.69, 9.17) is 9.26 Å². The summed E-state index contributed by atoms with van der Waals surface area (Å²) in [5, 5.41) is 31.1. The second-order valence-electron chi connectivity index (χ2n) is 8.06. The number of aliphatic hydroxyl groups is 3. The van der Waals surface area contributed by atoms with E-state index in [0.717, 1.165) is 0 Å². The van der Waals surface area contributed by atoms with Crippen LogP contribution in [0.1, 0.15) is 53.4 Å². The minimum Gasteiger partial charge on any atom is -0.388 e. The van der Waals surface area contributed by atoms with Crippen molar-refractivity contribution in [2.24, 2.45) is 5.92 Å². The van der Waals surface area contributed by atoms with Gasteiger partial charge in [-0.3, -0.25) is 24.0 Å². The molecule has 0 aliphatic carbocycles. The van der Waals surface area contributed by atoms with Crippen molar-refractivity contribution in [3.8, 4) is 0 Å². The van der Waals surface area contributed by atoms with Crippen molar-refractivity contribution in [1.29, 1.82) is 0 Å². The van der Waals surface area contributed by atoms with Gasteiger partial charge in [0.1, 0.15) is 18.3 Å². The van der Waals surface area contributed by atoms with Crippen LogP contribution >= 0.6 is 7.60 Å². The van der Waals surface area contributed by atoms with Crippen molar-refractivity contribution in [3.05, 3.63) is 11.6 Å². The average molecular weight is 467 g/mol. The van der Waals surface area contributed by atoms with Gasteiger partial charge in [-0.25, -0.2) is 4.39 Å². The summed E-state index contributed by atoms with van der Waals surface area (Å²) in [4.78, 5) is 34.0. The van der Waals surface area contributed by atoms with Crippen LogP contribution in [-0.4, -0.2) is 67.6 Å². The number of aliphatic hydroxyl groups excluding tert-OH is 2. The molecule has 1 fully saturated rings. The fourth-order valence-electron chi connectivity index (χ4n) is 3.70. The standard InChI is InChI=1S/C19H31FNO9P/c1-5-18(20,30-31(27,28)19(26,6-2)7-3)9-12-13(22)14(23)15(29-12)11-8-10(4)16(24)21-17(11)25/h8,11-15,22-23,26H,5-7,9H2,1-4H3,(H,27,28)(H,21,24,25)/t11?,12-,13-,14-,15+,18?/m1/s1. The molecule has 0 bridgehead atoms. The van der Waals surface area contributed by atoms with Crippen molar-refractivity contribution in [3.63, 3.8) is 0 Å². The third kappa shape index (κ3) is 5.08. The first-order valence-corrected chi connectivity index (χ1v) is 11.8. The first-order valence-electron chi connectivity index (χ1n) is 10.2. The molecular formula is C19H31FNO9P. The first-order chi connectivity index (χ1) is 14.2. The van der Waals surface area contributed by atoms with Crippen molar-refractivity contribution in [2.45, 2.75) is 89.0 Å². The average Bonchev–Trinajstić information content (AvgIpc) is 2.97. The third-order valence-corrected chi connectivity index (χ3v) is 8.32. The largest absolute Gasteiger partial charge is 0.388 e. The van der Waals surface area contributed by atoms with Gasteiger partial charge in [-0.05, 0) is 19.8 Å². The number of nitrogens with one attached hydrogen (secondary N) is 1. The van der Waals surface area contributed by atoms with Crippen LogP contribution in [0.3, 0.4) is 0 Å². The normalized spacial score (nSPS) is 33.5. The van der Waals surface area contributed by atoms with Crippen molar-refractivity contribution < 1.29 is 48.0 Å². The summed E-state index contributed by atoms with van der Waals surface area (Å²) in [5.74, 6) is -5.19. The smallest absolute Gasteiger partial charge is 0.362 e. The molecule has 2 rings (SSSR count). The fourth-order valence-corrected chi connectivity index (χ4v) is 5.32. The molecular weight excluding hydrogens is 436 g/mol. The summed E-state index contributed by atoms with van der Waals surface area (Å²) in [6.07, 6.45) is -5.99. The number of carbonyl (C=O) groups is 2. The lowest BCUT2D eigenvalue weighted by Crippen LogP contribution is -2.47. The van der Waals surface area contributed by atoms with E-state index in [0.29, 0.717) is 0 Å². The number of alkyl halides is 1. The first kappa shape index (κ1) is 26.1. The zero-order valence-electron chi connectivity index (χ0n) is 17.9. The number of ether oxygens (including phenoxy) is 1. The van der Waals surface area contributed by atoms with E-state index < -0.39 is 73.8 Å². The SMILES string of the molecule is CCC(F)(C[C@H]1O[C@@H](C2C=C(C)C(=O)NC2=O)[C@H](O)[C@@H]1O)OP(=O)(O)C(O)(CC)CC. The maximum atomic E-state index is 15.5. The molecule has 2 aliphatic heterocycles. The molecule has 2 heterocycles. The predicted molar refractivity (Wildman–Crippen MR) is 106 cm³/mol. The maximum Gasteiger partial charge on any atom is 0.362 e. The van der Waals surface area contributed by atoms with E-state index >= 15 is 4.39 Å².